The summed E-state index contributed by atoms with van der Waals surface area (Å²) in [4.78, 5) is 16.4. The van der Waals surface area contributed by atoms with Crippen LogP contribution in [0.25, 0.3) is 0 Å². The van der Waals surface area contributed by atoms with Gasteiger partial charge in [-0.15, -0.1) is 24.0 Å². The number of aliphatic imine (C=N–C) groups is 1. The van der Waals surface area contributed by atoms with Gasteiger partial charge in [-0.1, -0.05) is 30.3 Å². The summed E-state index contributed by atoms with van der Waals surface area (Å²) in [5.41, 5.74) is 0.818. The van der Waals surface area contributed by atoms with Gasteiger partial charge in [0.05, 0.1) is 12.0 Å². The van der Waals surface area contributed by atoms with Gasteiger partial charge in [-0.25, -0.2) is 0 Å². The molecule has 25 heavy (non-hydrogen) atoms. The van der Waals surface area contributed by atoms with Crippen LogP contribution in [0.5, 0.6) is 0 Å². The minimum Gasteiger partial charge on any atom is -0.359 e. The summed E-state index contributed by atoms with van der Waals surface area (Å²) in [5.74, 6) is 0.759. The van der Waals surface area contributed by atoms with Gasteiger partial charge >= 0.3 is 0 Å². The summed E-state index contributed by atoms with van der Waals surface area (Å²) in [6.45, 7) is 9.22. The van der Waals surface area contributed by atoms with E-state index in [-0.39, 0.29) is 29.9 Å². The Morgan fingerprint density at radius 3 is 2.44 bits per heavy atom. The van der Waals surface area contributed by atoms with Crippen molar-refractivity contribution in [3.63, 3.8) is 0 Å². The molecule has 1 unspecified atom stereocenters. The summed E-state index contributed by atoms with van der Waals surface area (Å²) < 4.78 is 0. The van der Waals surface area contributed by atoms with E-state index in [0.29, 0.717) is 12.6 Å². The molecule has 1 amide bonds. The molecule has 0 heterocycles. The lowest BCUT2D eigenvalue weighted by Crippen LogP contribution is -2.44. The number of nitrogens with one attached hydrogen (secondary N) is 3. The van der Waals surface area contributed by atoms with Crippen molar-refractivity contribution < 1.29 is 4.79 Å². The second-order valence-electron chi connectivity index (χ2n) is 6.73. The SMILES string of the molecule is CCNC(=NCC(C)(C)C(=O)NC)NC(C)CCc1ccccc1.I. The number of amides is 1. The molecule has 142 valence electrons. The van der Waals surface area contributed by atoms with Gasteiger partial charge in [0.15, 0.2) is 5.96 Å². The van der Waals surface area contributed by atoms with Crippen molar-refractivity contribution in [1.82, 2.24) is 16.0 Å². The highest BCUT2D eigenvalue weighted by Crippen LogP contribution is 2.15. The Morgan fingerprint density at radius 1 is 1.24 bits per heavy atom. The Morgan fingerprint density at radius 2 is 1.88 bits per heavy atom. The van der Waals surface area contributed by atoms with Crippen molar-refractivity contribution in [2.45, 2.75) is 46.6 Å². The zero-order chi connectivity index (χ0) is 18.0. The third kappa shape index (κ3) is 9.09. The molecule has 0 radical (unpaired) electrons. The molecular formula is C19H33IN4O. The van der Waals surface area contributed by atoms with Crippen molar-refractivity contribution >= 4 is 35.8 Å². The predicted octanol–water partition coefficient (Wildman–Crippen LogP) is 2.95. The maximum absolute atomic E-state index is 11.9. The zero-order valence-electron chi connectivity index (χ0n) is 16.1. The van der Waals surface area contributed by atoms with Gasteiger partial charge in [0.2, 0.25) is 5.91 Å². The largest absolute Gasteiger partial charge is 0.359 e. The van der Waals surface area contributed by atoms with Crippen LogP contribution in [0.3, 0.4) is 0 Å². The highest BCUT2D eigenvalue weighted by molar-refractivity contribution is 14.0. The van der Waals surface area contributed by atoms with Crippen molar-refractivity contribution in [2.75, 3.05) is 20.1 Å². The first-order valence-corrected chi connectivity index (χ1v) is 8.70. The average Bonchev–Trinajstić information content (AvgIpc) is 2.58. The first-order valence-electron chi connectivity index (χ1n) is 8.70. The molecule has 0 spiro atoms. The molecule has 0 saturated heterocycles. The number of aryl methyl sites for hydroxylation is 1. The maximum atomic E-state index is 11.9. The number of halogens is 1. The summed E-state index contributed by atoms with van der Waals surface area (Å²) in [5, 5.41) is 9.36. The van der Waals surface area contributed by atoms with E-state index >= 15 is 0 Å². The van der Waals surface area contributed by atoms with Gasteiger partial charge in [0.1, 0.15) is 0 Å². The average molecular weight is 460 g/mol. The molecule has 1 atom stereocenters. The summed E-state index contributed by atoms with van der Waals surface area (Å²) >= 11 is 0. The molecule has 0 aliphatic carbocycles. The number of benzene rings is 1. The van der Waals surface area contributed by atoms with Gasteiger partial charge in [-0.05, 0) is 46.1 Å². The van der Waals surface area contributed by atoms with E-state index < -0.39 is 5.41 Å². The van der Waals surface area contributed by atoms with Crippen LogP contribution in [-0.4, -0.2) is 38.0 Å². The van der Waals surface area contributed by atoms with Crippen LogP contribution in [0.4, 0.5) is 0 Å². The second-order valence-corrected chi connectivity index (χ2v) is 6.73. The Bertz CT molecular complexity index is 531. The van der Waals surface area contributed by atoms with Crippen LogP contribution >= 0.6 is 24.0 Å². The van der Waals surface area contributed by atoms with Gasteiger partial charge in [-0.2, -0.15) is 0 Å². The second kappa shape index (κ2) is 12.1. The number of rotatable bonds is 8. The van der Waals surface area contributed by atoms with Gasteiger partial charge in [0, 0.05) is 19.6 Å². The number of hydrogen-bond acceptors (Lipinski definition) is 2. The smallest absolute Gasteiger partial charge is 0.227 e. The van der Waals surface area contributed by atoms with Gasteiger partial charge < -0.3 is 16.0 Å². The van der Waals surface area contributed by atoms with Crippen LogP contribution in [0.1, 0.15) is 39.7 Å². The lowest BCUT2D eigenvalue weighted by molar-refractivity contribution is -0.128. The Labute approximate surface area is 169 Å². The van der Waals surface area contributed by atoms with Crippen LogP contribution in [0.2, 0.25) is 0 Å². The number of guanidine groups is 1. The summed E-state index contributed by atoms with van der Waals surface area (Å²) in [7, 11) is 1.66. The minimum atomic E-state index is -0.523. The number of carbonyl (C=O) groups is 1. The first-order chi connectivity index (χ1) is 11.4. The van der Waals surface area contributed by atoms with E-state index in [1.54, 1.807) is 7.05 Å². The fourth-order valence-electron chi connectivity index (χ4n) is 2.34. The molecule has 3 N–H and O–H groups in total. The monoisotopic (exact) mass is 460 g/mol. The highest BCUT2D eigenvalue weighted by Gasteiger charge is 2.26. The Kier molecular flexibility index (Phi) is 11.5. The summed E-state index contributed by atoms with van der Waals surface area (Å²) in [6, 6.07) is 10.8. The standard InChI is InChI=1S/C19H32N4O.HI/c1-6-21-18(22-14-19(3,4)17(24)20-5)23-15(2)12-13-16-10-8-7-9-11-16;/h7-11,15H,6,12-14H2,1-5H3,(H,20,24)(H2,21,22,23);1H. The molecule has 0 bridgehead atoms. The van der Waals surface area contributed by atoms with E-state index in [2.05, 4.69) is 52.1 Å². The molecule has 5 nitrogen and oxygen atoms in total. The normalized spacial score (nSPS) is 12.8. The molecule has 0 aromatic heterocycles. The Hall–Kier alpha value is -1.31. The van der Waals surface area contributed by atoms with E-state index in [0.717, 1.165) is 25.3 Å². The number of carbonyl (C=O) groups excluding carboxylic acids is 1. The molecule has 1 aromatic rings. The fraction of sp³-hybridized carbons (Fsp3) is 0.579. The molecular weight excluding hydrogens is 427 g/mol. The molecule has 0 aliphatic heterocycles. The quantitative estimate of drug-likeness (QED) is 0.318. The molecule has 0 fully saturated rings. The van der Waals surface area contributed by atoms with Crippen molar-refractivity contribution in [1.29, 1.82) is 0 Å². The van der Waals surface area contributed by atoms with Crippen molar-refractivity contribution in [2.24, 2.45) is 10.4 Å². The Balaban J connectivity index is 0.00000576. The number of hydrogen-bond donors (Lipinski definition) is 3. The van der Waals surface area contributed by atoms with E-state index in [1.807, 2.05) is 26.8 Å². The highest BCUT2D eigenvalue weighted by atomic mass is 127. The van der Waals surface area contributed by atoms with Crippen LogP contribution in [0.15, 0.2) is 35.3 Å². The van der Waals surface area contributed by atoms with Crippen LogP contribution in [0, 0.1) is 5.41 Å². The molecule has 6 heteroatoms. The zero-order valence-corrected chi connectivity index (χ0v) is 18.4. The molecule has 0 aliphatic rings. The number of nitrogens with zero attached hydrogens (tertiary/aromatic N) is 1. The first kappa shape index (κ1) is 23.7. The lowest BCUT2D eigenvalue weighted by Gasteiger charge is -2.22. The van der Waals surface area contributed by atoms with E-state index in [9.17, 15) is 4.79 Å². The van der Waals surface area contributed by atoms with E-state index in [1.165, 1.54) is 5.56 Å². The van der Waals surface area contributed by atoms with Crippen LogP contribution in [-0.2, 0) is 11.2 Å². The predicted molar refractivity (Wildman–Crippen MR) is 117 cm³/mol. The third-order valence-electron chi connectivity index (χ3n) is 3.91. The van der Waals surface area contributed by atoms with Gasteiger partial charge in [-0.3, -0.25) is 9.79 Å². The van der Waals surface area contributed by atoms with E-state index in [4.69, 9.17) is 0 Å². The fourth-order valence-corrected chi connectivity index (χ4v) is 2.34. The topological polar surface area (TPSA) is 65.5 Å². The van der Waals surface area contributed by atoms with Crippen molar-refractivity contribution in [3.8, 4) is 0 Å². The molecule has 1 rings (SSSR count). The lowest BCUT2D eigenvalue weighted by atomic mass is 9.93. The molecule has 1 aromatic carbocycles. The third-order valence-corrected chi connectivity index (χ3v) is 3.91. The van der Waals surface area contributed by atoms with Gasteiger partial charge in [0.25, 0.3) is 0 Å². The maximum Gasteiger partial charge on any atom is 0.227 e. The summed E-state index contributed by atoms with van der Waals surface area (Å²) in [6.07, 6.45) is 2.05. The van der Waals surface area contributed by atoms with Crippen LogP contribution < -0.4 is 16.0 Å². The van der Waals surface area contributed by atoms with Crippen molar-refractivity contribution in [3.05, 3.63) is 35.9 Å². The minimum absolute atomic E-state index is 0. The molecule has 0 saturated carbocycles.